The van der Waals surface area contributed by atoms with Gasteiger partial charge in [-0.15, -0.1) is 10.2 Å². The summed E-state index contributed by atoms with van der Waals surface area (Å²) in [6.45, 7) is 4.50. The number of hydrogen-bond donors (Lipinski definition) is 2. The van der Waals surface area contributed by atoms with Crippen molar-refractivity contribution in [2.75, 3.05) is 11.9 Å². The van der Waals surface area contributed by atoms with E-state index in [-0.39, 0.29) is 11.6 Å². The van der Waals surface area contributed by atoms with Crippen molar-refractivity contribution in [3.63, 3.8) is 0 Å². The Bertz CT molecular complexity index is 551. The first kappa shape index (κ1) is 12.9. The Morgan fingerprint density at radius 3 is 2.79 bits per heavy atom. The molecule has 19 heavy (non-hydrogen) atoms. The van der Waals surface area contributed by atoms with E-state index in [0.29, 0.717) is 30.6 Å². The molecule has 0 spiro atoms. The maximum Gasteiger partial charge on any atom is 0.271 e. The average Bonchev–Trinajstić information content (AvgIpc) is 2.83. The molecule has 8 nitrogen and oxygen atoms in total. The van der Waals surface area contributed by atoms with Gasteiger partial charge in [0, 0.05) is 13.5 Å². The van der Waals surface area contributed by atoms with Crippen molar-refractivity contribution >= 4 is 11.7 Å². The van der Waals surface area contributed by atoms with Crippen LogP contribution < -0.4 is 10.6 Å². The van der Waals surface area contributed by atoms with Crippen molar-refractivity contribution < 1.29 is 9.32 Å². The van der Waals surface area contributed by atoms with E-state index in [0.717, 1.165) is 0 Å². The van der Waals surface area contributed by atoms with Gasteiger partial charge in [0.15, 0.2) is 11.5 Å². The van der Waals surface area contributed by atoms with Crippen LogP contribution in [0.5, 0.6) is 0 Å². The molecule has 2 aromatic heterocycles. The van der Waals surface area contributed by atoms with Crippen molar-refractivity contribution in [2.45, 2.75) is 20.4 Å². The number of aryl methyl sites for hydroxylation is 1. The Hall–Kier alpha value is -2.51. The smallest absolute Gasteiger partial charge is 0.271 e. The topological polar surface area (TPSA) is 106 Å². The molecule has 0 unspecified atom stereocenters. The Labute approximate surface area is 109 Å². The number of anilines is 1. The Balaban J connectivity index is 1.93. The highest BCUT2D eigenvalue weighted by atomic mass is 16.5. The number of nitrogens with one attached hydrogen (secondary N) is 2. The van der Waals surface area contributed by atoms with E-state index in [1.165, 1.54) is 0 Å². The van der Waals surface area contributed by atoms with Crippen LogP contribution in [-0.2, 0) is 6.54 Å². The molecule has 0 fully saturated rings. The van der Waals surface area contributed by atoms with Gasteiger partial charge in [0.25, 0.3) is 5.91 Å². The lowest BCUT2D eigenvalue weighted by Crippen LogP contribution is -2.24. The molecule has 8 heteroatoms. The summed E-state index contributed by atoms with van der Waals surface area (Å²) < 4.78 is 4.84. The highest BCUT2D eigenvalue weighted by Gasteiger charge is 2.07. The minimum atomic E-state index is -0.240. The van der Waals surface area contributed by atoms with E-state index in [1.807, 2.05) is 6.92 Å². The molecular formula is C11H14N6O2. The molecule has 2 aromatic rings. The summed E-state index contributed by atoms with van der Waals surface area (Å²) in [7, 11) is 0. The second-order valence-electron chi connectivity index (χ2n) is 3.75. The van der Waals surface area contributed by atoms with Crippen LogP contribution >= 0.6 is 0 Å². The van der Waals surface area contributed by atoms with Gasteiger partial charge in [-0.05, 0) is 19.1 Å². The number of amides is 1. The summed E-state index contributed by atoms with van der Waals surface area (Å²) in [4.78, 5) is 15.5. The summed E-state index contributed by atoms with van der Waals surface area (Å²) in [6.07, 6.45) is 0. The lowest BCUT2D eigenvalue weighted by atomic mass is 10.3. The molecular weight excluding hydrogens is 248 g/mol. The van der Waals surface area contributed by atoms with Gasteiger partial charge in [-0.2, -0.15) is 4.98 Å². The molecule has 0 atom stereocenters. The standard InChI is InChI=1S/C11H14N6O2/c1-3-12-11(18)8-4-5-9(16-15-8)13-6-10-14-7(2)19-17-10/h4-5H,3,6H2,1-2H3,(H,12,18)(H,13,16). The monoisotopic (exact) mass is 262 g/mol. The minimum absolute atomic E-state index is 0.240. The first-order chi connectivity index (χ1) is 9.19. The molecule has 0 saturated carbocycles. The van der Waals surface area contributed by atoms with Crippen LogP contribution in [0.2, 0.25) is 0 Å². The van der Waals surface area contributed by atoms with Crippen LogP contribution in [0.4, 0.5) is 5.82 Å². The third kappa shape index (κ3) is 3.47. The lowest BCUT2D eigenvalue weighted by Gasteiger charge is -2.03. The summed E-state index contributed by atoms with van der Waals surface area (Å²) in [5.74, 6) is 1.34. The third-order valence-electron chi connectivity index (χ3n) is 2.23. The summed E-state index contributed by atoms with van der Waals surface area (Å²) in [6, 6.07) is 3.27. The first-order valence-electron chi connectivity index (χ1n) is 5.84. The maximum atomic E-state index is 11.5. The van der Waals surface area contributed by atoms with Crippen molar-refractivity contribution in [1.82, 2.24) is 25.7 Å². The molecule has 0 aromatic carbocycles. The van der Waals surface area contributed by atoms with Gasteiger partial charge in [-0.1, -0.05) is 5.16 Å². The Morgan fingerprint density at radius 2 is 2.21 bits per heavy atom. The highest BCUT2D eigenvalue weighted by molar-refractivity contribution is 5.92. The van der Waals surface area contributed by atoms with Crippen LogP contribution in [0.15, 0.2) is 16.7 Å². The van der Waals surface area contributed by atoms with Gasteiger partial charge in [0.2, 0.25) is 5.89 Å². The second-order valence-corrected chi connectivity index (χ2v) is 3.75. The van der Waals surface area contributed by atoms with E-state index in [2.05, 4.69) is 31.0 Å². The van der Waals surface area contributed by atoms with Crippen molar-refractivity contribution in [3.8, 4) is 0 Å². The zero-order valence-electron chi connectivity index (χ0n) is 10.7. The first-order valence-corrected chi connectivity index (χ1v) is 5.84. The van der Waals surface area contributed by atoms with E-state index < -0.39 is 0 Å². The molecule has 0 saturated heterocycles. The predicted octanol–water partition coefficient (Wildman–Crippen LogP) is 0.530. The molecule has 1 amide bonds. The molecule has 2 N–H and O–H groups in total. The van der Waals surface area contributed by atoms with Crippen molar-refractivity contribution in [2.24, 2.45) is 0 Å². The van der Waals surface area contributed by atoms with Gasteiger partial charge >= 0.3 is 0 Å². The zero-order valence-corrected chi connectivity index (χ0v) is 10.7. The fourth-order valence-electron chi connectivity index (χ4n) is 1.38. The van der Waals surface area contributed by atoms with Gasteiger partial charge in [0.05, 0.1) is 6.54 Å². The van der Waals surface area contributed by atoms with E-state index in [1.54, 1.807) is 19.1 Å². The minimum Gasteiger partial charge on any atom is -0.361 e. The normalized spacial score (nSPS) is 10.2. The predicted molar refractivity (Wildman–Crippen MR) is 66.4 cm³/mol. The number of aromatic nitrogens is 4. The summed E-state index contributed by atoms with van der Waals surface area (Å²) >= 11 is 0. The molecule has 100 valence electrons. The van der Waals surface area contributed by atoms with Crippen LogP contribution in [0, 0.1) is 6.92 Å². The number of carbonyl (C=O) groups is 1. The van der Waals surface area contributed by atoms with Crippen LogP contribution in [-0.4, -0.2) is 32.8 Å². The van der Waals surface area contributed by atoms with E-state index in [9.17, 15) is 4.79 Å². The molecule has 0 aliphatic carbocycles. The molecule has 0 radical (unpaired) electrons. The van der Waals surface area contributed by atoms with Gasteiger partial charge in [0.1, 0.15) is 5.82 Å². The third-order valence-corrected chi connectivity index (χ3v) is 2.23. The highest BCUT2D eigenvalue weighted by Crippen LogP contribution is 2.04. The van der Waals surface area contributed by atoms with Crippen LogP contribution in [0.3, 0.4) is 0 Å². The second kappa shape index (κ2) is 5.89. The number of carbonyl (C=O) groups excluding carboxylic acids is 1. The fraction of sp³-hybridized carbons (Fsp3) is 0.364. The van der Waals surface area contributed by atoms with Gasteiger partial charge in [-0.3, -0.25) is 4.79 Å². The van der Waals surface area contributed by atoms with Crippen LogP contribution in [0.1, 0.15) is 29.1 Å². The van der Waals surface area contributed by atoms with E-state index >= 15 is 0 Å². The number of rotatable bonds is 5. The molecule has 2 heterocycles. The van der Waals surface area contributed by atoms with Gasteiger partial charge < -0.3 is 15.2 Å². The summed E-state index contributed by atoms with van der Waals surface area (Å²) in [5.41, 5.74) is 0.280. The largest absolute Gasteiger partial charge is 0.361 e. The zero-order chi connectivity index (χ0) is 13.7. The average molecular weight is 262 g/mol. The molecule has 0 aliphatic heterocycles. The van der Waals surface area contributed by atoms with Crippen LogP contribution in [0.25, 0.3) is 0 Å². The summed E-state index contributed by atoms with van der Waals surface area (Å²) in [5, 5.41) is 17.1. The molecule has 0 aliphatic rings. The maximum absolute atomic E-state index is 11.5. The van der Waals surface area contributed by atoms with Gasteiger partial charge in [-0.25, -0.2) is 0 Å². The van der Waals surface area contributed by atoms with Crippen molar-refractivity contribution in [3.05, 3.63) is 29.5 Å². The molecule has 0 bridgehead atoms. The van der Waals surface area contributed by atoms with Crippen molar-refractivity contribution in [1.29, 1.82) is 0 Å². The quantitative estimate of drug-likeness (QED) is 0.809. The SMILES string of the molecule is CCNC(=O)c1ccc(NCc2noc(C)n2)nn1. The Morgan fingerprint density at radius 1 is 1.37 bits per heavy atom. The molecule has 2 rings (SSSR count). The fourth-order valence-corrected chi connectivity index (χ4v) is 1.38. The number of nitrogens with zero attached hydrogens (tertiary/aromatic N) is 4. The lowest BCUT2D eigenvalue weighted by molar-refractivity contribution is 0.0950. The van der Waals surface area contributed by atoms with E-state index in [4.69, 9.17) is 4.52 Å². The Kier molecular flexibility index (Phi) is 4.01. The number of hydrogen-bond acceptors (Lipinski definition) is 7.